The first kappa shape index (κ1) is 16.3. The molecule has 1 N–H and O–H groups in total. The zero-order chi connectivity index (χ0) is 17.2. The van der Waals surface area contributed by atoms with Gasteiger partial charge in [0, 0.05) is 12.1 Å². The fourth-order valence-electron chi connectivity index (χ4n) is 3.74. The molecule has 8 nitrogen and oxygen atoms in total. The van der Waals surface area contributed by atoms with Crippen LogP contribution in [0.25, 0.3) is 0 Å². The average molecular weight is 343 g/mol. The average Bonchev–Trinajstić information content (AvgIpc) is 2.97. The molecule has 8 heteroatoms. The molecule has 2 atom stereocenters. The molecule has 1 aliphatic heterocycles. The zero-order valence-electron chi connectivity index (χ0n) is 14.6. The van der Waals surface area contributed by atoms with E-state index >= 15 is 0 Å². The van der Waals surface area contributed by atoms with Crippen molar-refractivity contribution >= 4 is 11.7 Å². The normalized spacial score (nSPS) is 22.2. The van der Waals surface area contributed by atoms with E-state index in [9.17, 15) is 4.79 Å². The summed E-state index contributed by atoms with van der Waals surface area (Å²) in [5.41, 5.74) is 0. The van der Waals surface area contributed by atoms with E-state index in [1.165, 1.54) is 12.8 Å². The van der Waals surface area contributed by atoms with Crippen LogP contribution in [-0.2, 0) is 11.3 Å². The number of aromatic nitrogens is 5. The Hall–Kier alpha value is -2.22. The molecule has 0 unspecified atom stereocenters. The highest BCUT2D eigenvalue weighted by Crippen LogP contribution is 2.40. The van der Waals surface area contributed by atoms with Gasteiger partial charge in [-0.15, -0.1) is 0 Å². The third kappa shape index (κ3) is 3.73. The van der Waals surface area contributed by atoms with Crippen LogP contribution in [-0.4, -0.2) is 54.5 Å². The van der Waals surface area contributed by atoms with Crippen LogP contribution in [0.2, 0.25) is 0 Å². The van der Waals surface area contributed by atoms with E-state index in [0.29, 0.717) is 24.5 Å². The van der Waals surface area contributed by atoms with E-state index in [2.05, 4.69) is 32.3 Å². The van der Waals surface area contributed by atoms with Crippen LogP contribution in [0.4, 0.5) is 5.82 Å². The minimum Gasteiger partial charge on any atom is -0.310 e. The molecule has 0 spiro atoms. The van der Waals surface area contributed by atoms with Gasteiger partial charge in [-0.05, 0) is 45.1 Å². The number of carbonyl (C=O) groups excluding carboxylic acids is 1. The smallest absolute Gasteiger partial charge is 0.239 e. The molecule has 134 valence electrons. The lowest BCUT2D eigenvalue weighted by molar-refractivity contribution is -0.117. The van der Waals surface area contributed by atoms with Crippen LogP contribution in [0.1, 0.15) is 38.6 Å². The van der Waals surface area contributed by atoms with E-state index in [1.807, 2.05) is 15.4 Å². The fourth-order valence-corrected chi connectivity index (χ4v) is 3.74. The second-order valence-corrected chi connectivity index (χ2v) is 7.17. The van der Waals surface area contributed by atoms with Gasteiger partial charge in [0.25, 0.3) is 0 Å². The van der Waals surface area contributed by atoms with Crippen molar-refractivity contribution in [3.8, 4) is 0 Å². The molecule has 0 aromatic carbocycles. The molecule has 2 aromatic rings. The Morgan fingerprint density at radius 2 is 2.24 bits per heavy atom. The lowest BCUT2D eigenvalue weighted by Crippen LogP contribution is -2.39. The number of nitrogens with zero attached hydrogens (tertiary/aromatic N) is 6. The molecule has 2 fully saturated rings. The second kappa shape index (κ2) is 6.95. The Balaban J connectivity index is 1.35. The van der Waals surface area contributed by atoms with Crippen LogP contribution in [0.5, 0.6) is 0 Å². The quantitative estimate of drug-likeness (QED) is 0.825. The molecule has 4 rings (SSSR count). The maximum atomic E-state index is 12.5. The van der Waals surface area contributed by atoms with Crippen molar-refractivity contribution in [2.24, 2.45) is 5.92 Å². The minimum absolute atomic E-state index is 0.0234. The Morgan fingerprint density at radius 1 is 1.36 bits per heavy atom. The molecule has 1 amide bonds. The molecular weight excluding hydrogens is 318 g/mol. The van der Waals surface area contributed by atoms with Crippen LogP contribution in [0, 0.1) is 5.92 Å². The van der Waals surface area contributed by atoms with Gasteiger partial charge in [-0.3, -0.25) is 14.4 Å². The molecule has 1 aliphatic carbocycles. The zero-order valence-corrected chi connectivity index (χ0v) is 14.6. The largest absolute Gasteiger partial charge is 0.310 e. The van der Waals surface area contributed by atoms with Crippen molar-refractivity contribution in [1.29, 1.82) is 0 Å². The lowest BCUT2D eigenvalue weighted by Gasteiger charge is -2.24. The first-order chi connectivity index (χ1) is 12.2. The van der Waals surface area contributed by atoms with Gasteiger partial charge >= 0.3 is 0 Å². The number of anilines is 1. The van der Waals surface area contributed by atoms with Crippen LogP contribution in [0.15, 0.2) is 24.9 Å². The molecule has 0 bridgehead atoms. The van der Waals surface area contributed by atoms with Gasteiger partial charge in [0.1, 0.15) is 18.5 Å². The highest BCUT2D eigenvalue weighted by Gasteiger charge is 2.31. The van der Waals surface area contributed by atoms with E-state index in [-0.39, 0.29) is 5.91 Å². The third-order valence-electron chi connectivity index (χ3n) is 5.34. The monoisotopic (exact) mass is 343 g/mol. The predicted octanol–water partition coefficient (Wildman–Crippen LogP) is 1.55. The summed E-state index contributed by atoms with van der Waals surface area (Å²) in [5, 5.41) is 11.6. The van der Waals surface area contributed by atoms with Crippen molar-refractivity contribution in [1.82, 2.24) is 29.4 Å². The van der Waals surface area contributed by atoms with E-state index in [4.69, 9.17) is 0 Å². The summed E-state index contributed by atoms with van der Waals surface area (Å²) < 4.78 is 3.79. The Kier molecular flexibility index (Phi) is 4.52. The standard InChI is InChI=1S/C17H25N7O/c1-13(14-4-5-14)24-16(6-7-19-24)21-17(25)10-22-8-2-3-15(22)9-23-12-18-11-20-23/h6-7,11-15H,2-5,8-10H2,1H3,(H,21,25)/t13-,15-/m1/s1. The summed E-state index contributed by atoms with van der Waals surface area (Å²) in [5.74, 6) is 1.52. The van der Waals surface area contributed by atoms with Crippen molar-refractivity contribution in [2.45, 2.75) is 51.2 Å². The summed E-state index contributed by atoms with van der Waals surface area (Å²) in [6.45, 7) is 4.31. The highest BCUT2D eigenvalue weighted by molar-refractivity contribution is 5.91. The summed E-state index contributed by atoms with van der Waals surface area (Å²) in [6.07, 6.45) is 9.76. The Morgan fingerprint density at radius 3 is 3.00 bits per heavy atom. The molecule has 0 radical (unpaired) electrons. The molecule has 2 aromatic heterocycles. The second-order valence-electron chi connectivity index (χ2n) is 7.17. The van der Waals surface area contributed by atoms with Gasteiger partial charge in [0.05, 0.1) is 25.3 Å². The summed E-state index contributed by atoms with van der Waals surface area (Å²) in [7, 11) is 0. The van der Waals surface area contributed by atoms with E-state index < -0.39 is 0 Å². The molecule has 25 heavy (non-hydrogen) atoms. The number of nitrogens with one attached hydrogen (secondary N) is 1. The van der Waals surface area contributed by atoms with Crippen LogP contribution < -0.4 is 5.32 Å². The van der Waals surface area contributed by atoms with Gasteiger partial charge < -0.3 is 5.32 Å². The van der Waals surface area contributed by atoms with Crippen molar-refractivity contribution in [2.75, 3.05) is 18.4 Å². The Labute approximate surface area is 147 Å². The molecular formula is C17H25N7O. The summed E-state index contributed by atoms with van der Waals surface area (Å²) >= 11 is 0. The molecule has 1 saturated carbocycles. The van der Waals surface area contributed by atoms with Gasteiger partial charge in [-0.2, -0.15) is 10.2 Å². The molecule has 3 heterocycles. The summed E-state index contributed by atoms with van der Waals surface area (Å²) in [4.78, 5) is 18.8. The number of likely N-dealkylation sites (tertiary alicyclic amines) is 1. The first-order valence-corrected chi connectivity index (χ1v) is 9.10. The molecule has 1 saturated heterocycles. The van der Waals surface area contributed by atoms with Crippen molar-refractivity contribution < 1.29 is 4.79 Å². The van der Waals surface area contributed by atoms with E-state index in [1.54, 1.807) is 18.9 Å². The SMILES string of the molecule is C[C@H](C1CC1)n1nccc1NC(=O)CN1CCC[C@@H]1Cn1cncn1. The van der Waals surface area contributed by atoms with Crippen molar-refractivity contribution in [3.63, 3.8) is 0 Å². The topological polar surface area (TPSA) is 80.9 Å². The maximum absolute atomic E-state index is 12.5. The van der Waals surface area contributed by atoms with Gasteiger partial charge in [-0.1, -0.05) is 0 Å². The number of amides is 1. The molecule has 2 aliphatic rings. The van der Waals surface area contributed by atoms with Gasteiger partial charge in [-0.25, -0.2) is 9.67 Å². The number of rotatable bonds is 7. The van der Waals surface area contributed by atoms with Crippen molar-refractivity contribution in [3.05, 3.63) is 24.9 Å². The number of carbonyl (C=O) groups is 1. The van der Waals surface area contributed by atoms with E-state index in [0.717, 1.165) is 31.7 Å². The fraction of sp³-hybridized carbons (Fsp3) is 0.647. The first-order valence-electron chi connectivity index (χ1n) is 9.10. The number of hydrogen-bond acceptors (Lipinski definition) is 5. The highest BCUT2D eigenvalue weighted by atomic mass is 16.2. The van der Waals surface area contributed by atoms with Crippen LogP contribution >= 0.6 is 0 Å². The number of hydrogen-bond donors (Lipinski definition) is 1. The lowest BCUT2D eigenvalue weighted by atomic mass is 10.2. The third-order valence-corrected chi connectivity index (χ3v) is 5.34. The van der Waals surface area contributed by atoms with Crippen LogP contribution in [0.3, 0.4) is 0 Å². The minimum atomic E-state index is 0.0234. The predicted molar refractivity (Wildman–Crippen MR) is 92.9 cm³/mol. The van der Waals surface area contributed by atoms with Gasteiger partial charge in [0.15, 0.2) is 0 Å². The summed E-state index contributed by atoms with van der Waals surface area (Å²) in [6, 6.07) is 2.56. The van der Waals surface area contributed by atoms with Gasteiger partial charge in [0.2, 0.25) is 5.91 Å². The maximum Gasteiger partial charge on any atom is 0.239 e. The Bertz CT molecular complexity index is 706.